The van der Waals surface area contributed by atoms with Crippen LogP contribution in [0.25, 0.3) is 0 Å². The predicted octanol–water partition coefficient (Wildman–Crippen LogP) is 1.67. The first kappa shape index (κ1) is 16.2. The van der Waals surface area contributed by atoms with E-state index in [0.717, 1.165) is 11.4 Å². The maximum absolute atomic E-state index is 11.7. The van der Waals surface area contributed by atoms with E-state index < -0.39 is 0 Å². The molecule has 0 aliphatic carbocycles. The van der Waals surface area contributed by atoms with E-state index in [1.807, 2.05) is 0 Å². The molecule has 0 saturated carbocycles. The summed E-state index contributed by atoms with van der Waals surface area (Å²) in [5, 5.41) is 25.4. The summed E-state index contributed by atoms with van der Waals surface area (Å²) in [6.07, 6.45) is 1.29. The first-order valence-corrected chi connectivity index (χ1v) is 6.80. The van der Waals surface area contributed by atoms with Gasteiger partial charge in [-0.05, 0) is 36.4 Å². The molecule has 23 heavy (non-hydrogen) atoms. The highest BCUT2D eigenvalue weighted by molar-refractivity contribution is 5.86. The molecular weight excluding hydrogens is 298 g/mol. The molecule has 0 fully saturated rings. The molecule has 1 amide bonds. The first-order valence-electron chi connectivity index (χ1n) is 6.80. The molecule has 0 radical (unpaired) electrons. The molecule has 7 heteroatoms. The number of hydrogen-bond acceptors (Lipinski definition) is 6. The smallest absolute Gasteiger partial charge is 0.259 e. The van der Waals surface area contributed by atoms with Gasteiger partial charge in [-0.25, -0.2) is 5.43 Å². The zero-order chi connectivity index (χ0) is 16.7. The van der Waals surface area contributed by atoms with Crippen LogP contribution in [0.5, 0.6) is 17.2 Å². The van der Waals surface area contributed by atoms with E-state index in [2.05, 4.69) is 15.8 Å². The number of carbonyl (C=O) groups excluding carboxylic acids is 1. The number of hydrazone groups is 1. The van der Waals surface area contributed by atoms with Gasteiger partial charge in [0, 0.05) is 17.3 Å². The number of methoxy groups -OCH3 is 1. The Hall–Kier alpha value is -3.22. The van der Waals surface area contributed by atoms with Gasteiger partial charge in [-0.15, -0.1) is 0 Å². The summed E-state index contributed by atoms with van der Waals surface area (Å²) >= 11 is 0. The second kappa shape index (κ2) is 7.69. The lowest BCUT2D eigenvalue weighted by Crippen LogP contribution is -2.25. The third-order valence-corrected chi connectivity index (χ3v) is 2.95. The monoisotopic (exact) mass is 315 g/mol. The summed E-state index contributed by atoms with van der Waals surface area (Å²) in [5.41, 5.74) is 3.50. The largest absolute Gasteiger partial charge is 0.508 e. The Bertz CT molecular complexity index is 699. The average molecular weight is 315 g/mol. The fourth-order valence-corrected chi connectivity index (χ4v) is 1.75. The molecule has 0 saturated heterocycles. The van der Waals surface area contributed by atoms with Gasteiger partial charge in [0.05, 0.1) is 19.9 Å². The van der Waals surface area contributed by atoms with Crippen LogP contribution in [-0.2, 0) is 4.79 Å². The van der Waals surface area contributed by atoms with E-state index in [1.165, 1.54) is 24.4 Å². The van der Waals surface area contributed by atoms with E-state index in [0.29, 0.717) is 5.56 Å². The van der Waals surface area contributed by atoms with Crippen LogP contribution in [0.2, 0.25) is 0 Å². The molecule has 0 spiro atoms. The molecule has 0 aliphatic rings. The predicted molar refractivity (Wildman–Crippen MR) is 87.0 cm³/mol. The maximum Gasteiger partial charge on any atom is 0.259 e. The summed E-state index contributed by atoms with van der Waals surface area (Å²) in [6, 6.07) is 11.2. The number of amides is 1. The number of rotatable bonds is 6. The van der Waals surface area contributed by atoms with Crippen molar-refractivity contribution in [3.63, 3.8) is 0 Å². The van der Waals surface area contributed by atoms with Crippen molar-refractivity contribution in [2.45, 2.75) is 0 Å². The third kappa shape index (κ3) is 4.92. The molecule has 2 aromatic carbocycles. The molecule has 2 rings (SSSR count). The van der Waals surface area contributed by atoms with Gasteiger partial charge in [0.2, 0.25) is 0 Å². The van der Waals surface area contributed by atoms with Crippen LogP contribution in [-0.4, -0.2) is 36.0 Å². The Kier molecular flexibility index (Phi) is 5.40. The molecule has 0 unspecified atom stereocenters. The average Bonchev–Trinajstić information content (AvgIpc) is 2.55. The number of phenols is 2. The molecule has 0 aliphatic heterocycles. The molecular formula is C16H17N3O4. The Labute approximate surface area is 133 Å². The zero-order valence-electron chi connectivity index (χ0n) is 12.5. The van der Waals surface area contributed by atoms with Crippen molar-refractivity contribution < 1.29 is 19.7 Å². The quantitative estimate of drug-likeness (QED) is 0.479. The van der Waals surface area contributed by atoms with Crippen LogP contribution in [0.4, 0.5) is 5.69 Å². The lowest BCUT2D eigenvalue weighted by Gasteiger charge is -2.06. The minimum atomic E-state index is -0.338. The summed E-state index contributed by atoms with van der Waals surface area (Å²) in [4.78, 5) is 11.7. The SMILES string of the molecule is COc1ccc(NCC(=O)N/N=C\c2ccc(O)cc2O)cc1. The van der Waals surface area contributed by atoms with E-state index in [9.17, 15) is 15.0 Å². The summed E-state index contributed by atoms with van der Waals surface area (Å²) in [5.74, 6) is 0.223. The van der Waals surface area contributed by atoms with Crippen molar-refractivity contribution in [3.8, 4) is 17.2 Å². The van der Waals surface area contributed by atoms with Gasteiger partial charge in [0.25, 0.3) is 5.91 Å². The van der Waals surface area contributed by atoms with Crippen LogP contribution in [0.3, 0.4) is 0 Å². The van der Waals surface area contributed by atoms with E-state index in [-0.39, 0.29) is 24.0 Å². The number of phenolic OH excluding ortho intramolecular Hbond substituents is 2. The highest BCUT2D eigenvalue weighted by Gasteiger charge is 2.01. The van der Waals surface area contributed by atoms with E-state index in [4.69, 9.17) is 4.74 Å². The molecule has 120 valence electrons. The van der Waals surface area contributed by atoms with Crippen molar-refractivity contribution in [2.75, 3.05) is 19.0 Å². The minimum Gasteiger partial charge on any atom is -0.508 e. The number of hydrogen-bond donors (Lipinski definition) is 4. The van der Waals surface area contributed by atoms with Gasteiger partial charge in [0.1, 0.15) is 17.2 Å². The lowest BCUT2D eigenvalue weighted by atomic mass is 10.2. The van der Waals surface area contributed by atoms with Crippen LogP contribution >= 0.6 is 0 Å². The summed E-state index contributed by atoms with van der Waals surface area (Å²) in [7, 11) is 1.58. The number of anilines is 1. The zero-order valence-corrected chi connectivity index (χ0v) is 12.5. The Morgan fingerprint density at radius 1 is 1.22 bits per heavy atom. The number of nitrogens with one attached hydrogen (secondary N) is 2. The van der Waals surface area contributed by atoms with Crippen molar-refractivity contribution >= 4 is 17.8 Å². The number of benzene rings is 2. The minimum absolute atomic E-state index is 0.0469. The molecule has 2 aromatic rings. The van der Waals surface area contributed by atoms with Crippen LogP contribution in [0.15, 0.2) is 47.6 Å². The van der Waals surface area contributed by atoms with Crippen LogP contribution in [0, 0.1) is 0 Å². The third-order valence-electron chi connectivity index (χ3n) is 2.95. The molecule has 0 heterocycles. The molecule has 0 atom stereocenters. The Balaban J connectivity index is 1.81. The highest BCUT2D eigenvalue weighted by Crippen LogP contribution is 2.20. The van der Waals surface area contributed by atoms with Gasteiger partial charge in [-0.1, -0.05) is 0 Å². The summed E-state index contributed by atoms with van der Waals surface area (Å²) < 4.78 is 5.04. The maximum atomic E-state index is 11.7. The fraction of sp³-hybridized carbons (Fsp3) is 0.125. The van der Waals surface area contributed by atoms with Crippen molar-refractivity contribution in [1.29, 1.82) is 0 Å². The molecule has 4 N–H and O–H groups in total. The number of nitrogens with zero attached hydrogens (tertiary/aromatic N) is 1. The number of ether oxygens (including phenoxy) is 1. The van der Waals surface area contributed by atoms with E-state index >= 15 is 0 Å². The normalized spacial score (nSPS) is 10.5. The molecule has 0 bridgehead atoms. The van der Waals surface area contributed by atoms with Gasteiger partial charge >= 0.3 is 0 Å². The Morgan fingerprint density at radius 2 is 1.96 bits per heavy atom. The second-order valence-corrected chi connectivity index (χ2v) is 4.62. The van der Waals surface area contributed by atoms with Crippen molar-refractivity contribution in [3.05, 3.63) is 48.0 Å². The molecule has 7 nitrogen and oxygen atoms in total. The highest BCUT2D eigenvalue weighted by atomic mass is 16.5. The van der Waals surface area contributed by atoms with Gasteiger partial charge in [0.15, 0.2) is 0 Å². The lowest BCUT2D eigenvalue weighted by molar-refractivity contribution is -0.119. The fourth-order valence-electron chi connectivity index (χ4n) is 1.75. The Morgan fingerprint density at radius 3 is 2.61 bits per heavy atom. The van der Waals surface area contributed by atoms with Crippen LogP contribution in [0.1, 0.15) is 5.56 Å². The second-order valence-electron chi connectivity index (χ2n) is 4.62. The van der Waals surface area contributed by atoms with Crippen LogP contribution < -0.4 is 15.5 Å². The number of aromatic hydroxyl groups is 2. The topological polar surface area (TPSA) is 103 Å². The van der Waals surface area contributed by atoms with Crippen molar-refractivity contribution in [2.24, 2.45) is 5.10 Å². The van der Waals surface area contributed by atoms with Gasteiger partial charge in [-0.3, -0.25) is 4.79 Å². The van der Waals surface area contributed by atoms with Crippen molar-refractivity contribution in [1.82, 2.24) is 5.43 Å². The summed E-state index contributed by atoms with van der Waals surface area (Å²) in [6.45, 7) is 0.0469. The number of carbonyl (C=O) groups is 1. The molecule has 0 aromatic heterocycles. The first-order chi connectivity index (χ1) is 11.1. The van der Waals surface area contributed by atoms with Gasteiger partial charge in [-0.2, -0.15) is 5.10 Å². The van der Waals surface area contributed by atoms with Gasteiger partial charge < -0.3 is 20.3 Å². The standard InChI is InChI=1S/C16H17N3O4/c1-23-14-6-3-12(4-7-14)17-10-16(22)19-18-9-11-2-5-13(20)8-15(11)21/h2-9,17,20-21H,10H2,1H3,(H,19,22)/b18-9-. The van der Waals surface area contributed by atoms with E-state index in [1.54, 1.807) is 31.4 Å².